The van der Waals surface area contributed by atoms with Gasteiger partial charge in [-0.2, -0.15) is 0 Å². The van der Waals surface area contributed by atoms with E-state index in [0.717, 1.165) is 31.7 Å². The normalized spacial score (nSPS) is 16.3. The van der Waals surface area contributed by atoms with Gasteiger partial charge in [0.2, 0.25) is 0 Å². The number of nitrogens with one attached hydrogen (secondary N) is 3. The number of rotatable bonds is 4. The molecule has 1 aromatic rings. The first kappa shape index (κ1) is 19.2. The zero-order chi connectivity index (χ0) is 18.4. The fourth-order valence-electron chi connectivity index (χ4n) is 2.47. The molecular formula is C18H29N4O3+. The van der Waals surface area contributed by atoms with E-state index in [4.69, 9.17) is 4.74 Å². The maximum Gasteiger partial charge on any atom is 0.407 e. The van der Waals surface area contributed by atoms with Gasteiger partial charge in [-0.15, -0.1) is 0 Å². The summed E-state index contributed by atoms with van der Waals surface area (Å²) in [5, 5.41) is 4.67. The second-order valence-electron chi connectivity index (χ2n) is 7.44. The highest BCUT2D eigenvalue weighted by molar-refractivity contribution is 5.93. The number of piperazine rings is 1. The Morgan fingerprint density at radius 1 is 1.16 bits per heavy atom. The van der Waals surface area contributed by atoms with Crippen molar-refractivity contribution in [3.8, 4) is 0 Å². The molecule has 2 rings (SSSR count). The van der Waals surface area contributed by atoms with Gasteiger partial charge in [0.25, 0.3) is 5.91 Å². The van der Waals surface area contributed by atoms with Crippen LogP contribution in [0.5, 0.6) is 0 Å². The number of carbonyl (C=O) groups is 2. The first-order chi connectivity index (χ1) is 11.7. The van der Waals surface area contributed by atoms with Gasteiger partial charge in [0.1, 0.15) is 5.60 Å². The average Bonchev–Trinajstić information content (AvgIpc) is 2.54. The van der Waals surface area contributed by atoms with E-state index in [1.54, 1.807) is 12.1 Å². The van der Waals surface area contributed by atoms with E-state index in [0.29, 0.717) is 12.1 Å². The summed E-state index contributed by atoms with van der Waals surface area (Å²) in [7, 11) is 2.16. The van der Waals surface area contributed by atoms with Gasteiger partial charge >= 0.3 is 6.09 Å². The molecule has 0 atom stereocenters. The molecule has 1 aromatic carbocycles. The Morgan fingerprint density at radius 2 is 1.76 bits per heavy atom. The molecule has 0 aliphatic carbocycles. The van der Waals surface area contributed by atoms with Gasteiger partial charge in [0.05, 0.1) is 33.2 Å². The molecule has 0 unspecified atom stereocenters. The summed E-state index contributed by atoms with van der Waals surface area (Å²) >= 11 is 0. The van der Waals surface area contributed by atoms with Crippen LogP contribution >= 0.6 is 0 Å². The van der Waals surface area contributed by atoms with Crippen molar-refractivity contribution in [2.75, 3.05) is 33.2 Å². The van der Waals surface area contributed by atoms with Crippen LogP contribution in [0.1, 0.15) is 36.7 Å². The topological polar surface area (TPSA) is 75.1 Å². The summed E-state index contributed by atoms with van der Waals surface area (Å²) in [5.41, 5.74) is 3.94. The average molecular weight is 349 g/mol. The van der Waals surface area contributed by atoms with Gasteiger partial charge in [0.15, 0.2) is 0 Å². The molecule has 0 aromatic heterocycles. The summed E-state index contributed by atoms with van der Waals surface area (Å²) < 4.78 is 5.19. The Hall–Kier alpha value is -2.12. The predicted molar refractivity (Wildman–Crippen MR) is 95.2 cm³/mol. The quantitative estimate of drug-likeness (QED) is 0.725. The summed E-state index contributed by atoms with van der Waals surface area (Å²) in [6, 6.07) is 7.20. The van der Waals surface area contributed by atoms with Crippen molar-refractivity contribution in [2.24, 2.45) is 0 Å². The third kappa shape index (κ3) is 6.72. The molecule has 25 heavy (non-hydrogen) atoms. The van der Waals surface area contributed by atoms with Crippen LogP contribution in [0.15, 0.2) is 24.3 Å². The van der Waals surface area contributed by atoms with Crippen molar-refractivity contribution in [3.63, 3.8) is 0 Å². The van der Waals surface area contributed by atoms with Gasteiger partial charge in [-0.3, -0.25) is 10.2 Å². The SMILES string of the molecule is C[NH+]1CCN(NC(=O)c2ccc(CNC(=O)OC(C)(C)C)cc2)CC1. The molecule has 0 spiro atoms. The Kier molecular flexibility index (Phi) is 6.39. The number of alkyl carbamates (subject to hydrolysis) is 1. The van der Waals surface area contributed by atoms with Gasteiger partial charge < -0.3 is 15.0 Å². The lowest BCUT2D eigenvalue weighted by atomic mass is 10.1. The zero-order valence-corrected chi connectivity index (χ0v) is 15.5. The van der Waals surface area contributed by atoms with E-state index < -0.39 is 11.7 Å². The van der Waals surface area contributed by atoms with Crippen molar-refractivity contribution in [1.29, 1.82) is 0 Å². The number of nitrogens with zero attached hydrogens (tertiary/aromatic N) is 1. The third-order valence-electron chi connectivity index (χ3n) is 3.93. The number of carbonyl (C=O) groups excluding carboxylic acids is 2. The van der Waals surface area contributed by atoms with Gasteiger partial charge in [0, 0.05) is 12.1 Å². The minimum Gasteiger partial charge on any atom is -0.444 e. The van der Waals surface area contributed by atoms with Crippen LogP contribution in [0.25, 0.3) is 0 Å². The molecule has 1 fully saturated rings. The Bertz CT molecular complexity index is 587. The molecule has 1 aliphatic rings. The van der Waals surface area contributed by atoms with Crippen molar-refractivity contribution in [1.82, 2.24) is 15.8 Å². The third-order valence-corrected chi connectivity index (χ3v) is 3.93. The highest BCUT2D eigenvalue weighted by Crippen LogP contribution is 2.08. The minimum absolute atomic E-state index is 0.105. The van der Waals surface area contributed by atoms with Crippen LogP contribution in [-0.2, 0) is 11.3 Å². The maximum absolute atomic E-state index is 12.3. The number of ether oxygens (including phenoxy) is 1. The number of quaternary nitrogens is 1. The van der Waals surface area contributed by atoms with E-state index in [1.165, 1.54) is 4.90 Å². The summed E-state index contributed by atoms with van der Waals surface area (Å²) in [4.78, 5) is 25.4. The maximum atomic E-state index is 12.3. The molecule has 1 aliphatic heterocycles. The largest absolute Gasteiger partial charge is 0.444 e. The van der Waals surface area contributed by atoms with Gasteiger partial charge in [-0.05, 0) is 38.5 Å². The van der Waals surface area contributed by atoms with E-state index in [-0.39, 0.29) is 5.91 Å². The fraction of sp³-hybridized carbons (Fsp3) is 0.556. The minimum atomic E-state index is -0.517. The molecule has 0 saturated carbocycles. The molecule has 3 N–H and O–H groups in total. The lowest BCUT2D eigenvalue weighted by Gasteiger charge is -2.30. The fourth-order valence-corrected chi connectivity index (χ4v) is 2.47. The number of hydrazine groups is 1. The van der Waals surface area contributed by atoms with E-state index in [2.05, 4.69) is 17.8 Å². The lowest BCUT2D eigenvalue weighted by molar-refractivity contribution is -0.884. The van der Waals surface area contributed by atoms with Crippen LogP contribution in [-0.4, -0.2) is 55.8 Å². The monoisotopic (exact) mass is 349 g/mol. The molecule has 7 heteroatoms. The molecule has 0 bridgehead atoms. The zero-order valence-electron chi connectivity index (χ0n) is 15.5. The van der Waals surface area contributed by atoms with Gasteiger partial charge in [-0.25, -0.2) is 9.80 Å². The standard InChI is InChI=1S/C18H28N4O3/c1-18(2,3)25-17(24)19-13-14-5-7-15(8-6-14)16(23)20-22-11-9-21(4)10-12-22/h5-8H,9-13H2,1-4H3,(H,19,24)(H,20,23)/p+1. The number of benzene rings is 1. The van der Waals surface area contributed by atoms with Crippen molar-refractivity contribution < 1.29 is 19.2 Å². The lowest BCUT2D eigenvalue weighted by Crippen LogP contribution is -3.12. The number of amides is 2. The van der Waals surface area contributed by atoms with Crippen LogP contribution in [0.3, 0.4) is 0 Å². The molecule has 1 heterocycles. The summed E-state index contributed by atoms with van der Waals surface area (Å²) in [6.45, 7) is 9.58. The second kappa shape index (κ2) is 8.31. The molecule has 138 valence electrons. The van der Waals surface area contributed by atoms with Crippen molar-refractivity contribution >= 4 is 12.0 Å². The Labute approximate surface area is 149 Å². The molecule has 1 saturated heterocycles. The molecular weight excluding hydrogens is 320 g/mol. The van der Waals surface area contributed by atoms with Crippen molar-refractivity contribution in [3.05, 3.63) is 35.4 Å². The van der Waals surface area contributed by atoms with E-state index in [9.17, 15) is 9.59 Å². The summed E-state index contributed by atoms with van der Waals surface area (Å²) in [5.74, 6) is -0.105. The van der Waals surface area contributed by atoms with Crippen LogP contribution in [0.2, 0.25) is 0 Å². The number of likely N-dealkylation sites (N-methyl/N-ethyl adjacent to an activating group) is 1. The Balaban J connectivity index is 1.80. The van der Waals surface area contributed by atoms with Crippen molar-refractivity contribution in [2.45, 2.75) is 32.9 Å². The number of hydrogen-bond acceptors (Lipinski definition) is 4. The first-order valence-corrected chi connectivity index (χ1v) is 8.66. The van der Waals surface area contributed by atoms with E-state index >= 15 is 0 Å². The highest BCUT2D eigenvalue weighted by atomic mass is 16.6. The summed E-state index contributed by atoms with van der Waals surface area (Å²) in [6.07, 6.45) is -0.452. The molecule has 2 amide bonds. The highest BCUT2D eigenvalue weighted by Gasteiger charge is 2.19. The van der Waals surface area contributed by atoms with Gasteiger partial charge in [-0.1, -0.05) is 12.1 Å². The van der Waals surface area contributed by atoms with Crippen LogP contribution in [0.4, 0.5) is 4.79 Å². The molecule has 7 nitrogen and oxygen atoms in total. The van der Waals surface area contributed by atoms with E-state index in [1.807, 2.05) is 37.9 Å². The van der Waals surface area contributed by atoms with Crippen LogP contribution < -0.4 is 15.6 Å². The number of hydrogen-bond donors (Lipinski definition) is 3. The Morgan fingerprint density at radius 3 is 2.32 bits per heavy atom. The van der Waals surface area contributed by atoms with Crippen LogP contribution in [0, 0.1) is 0 Å². The first-order valence-electron chi connectivity index (χ1n) is 8.66. The molecule has 0 radical (unpaired) electrons. The smallest absolute Gasteiger partial charge is 0.407 e. The predicted octanol–water partition coefficient (Wildman–Crippen LogP) is 0.186. The second-order valence-corrected chi connectivity index (χ2v) is 7.44.